The molecule has 0 spiro atoms. The summed E-state index contributed by atoms with van der Waals surface area (Å²) in [7, 11) is 0. The average Bonchev–Trinajstić information content (AvgIpc) is 3.04. The number of aliphatic hydroxyl groups excluding tert-OH is 1. The second kappa shape index (κ2) is 7.03. The van der Waals surface area contributed by atoms with E-state index in [-0.39, 0.29) is 36.3 Å². The van der Waals surface area contributed by atoms with E-state index < -0.39 is 0 Å². The molecule has 2 aromatic heterocycles. The van der Waals surface area contributed by atoms with E-state index in [0.29, 0.717) is 10.7 Å². The lowest BCUT2D eigenvalue weighted by Crippen LogP contribution is -2.30. The van der Waals surface area contributed by atoms with Gasteiger partial charge >= 0.3 is 0 Å². The minimum Gasteiger partial charge on any atom is -0.395 e. The number of rotatable bonds is 6. The van der Waals surface area contributed by atoms with Gasteiger partial charge in [-0.25, -0.2) is 0 Å². The van der Waals surface area contributed by atoms with Crippen molar-refractivity contribution in [3.05, 3.63) is 23.1 Å². The smallest absolute Gasteiger partial charge is 0.241 e. The van der Waals surface area contributed by atoms with Crippen molar-refractivity contribution in [1.29, 1.82) is 5.26 Å². The Morgan fingerprint density at radius 3 is 3.14 bits per heavy atom. The lowest BCUT2D eigenvalue weighted by atomic mass is 10.4. The largest absolute Gasteiger partial charge is 0.395 e. The van der Waals surface area contributed by atoms with Crippen molar-refractivity contribution in [3.63, 3.8) is 0 Å². The molecule has 110 valence electrons. The van der Waals surface area contributed by atoms with E-state index in [1.165, 1.54) is 10.9 Å². The van der Waals surface area contributed by atoms with E-state index >= 15 is 0 Å². The highest BCUT2D eigenvalue weighted by Crippen LogP contribution is 2.30. The number of carbonyl (C=O) groups is 1. The molecular weight excluding hydrogens is 316 g/mol. The number of hydrogen-bond acceptors (Lipinski definition) is 7. The Labute approximate surface area is 129 Å². The van der Waals surface area contributed by atoms with E-state index in [1.54, 1.807) is 6.20 Å². The first kappa shape index (κ1) is 15.2. The highest BCUT2D eigenvalue weighted by atomic mass is 35.5. The Kier molecular flexibility index (Phi) is 5.10. The molecule has 0 aromatic carbocycles. The first-order valence-electron chi connectivity index (χ1n) is 5.86. The molecule has 0 radical (unpaired) electrons. The second-order valence-corrected chi connectivity index (χ2v) is 5.05. The molecule has 0 aliphatic carbocycles. The van der Waals surface area contributed by atoms with Gasteiger partial charge in [0.15, 0.2) is 5.15 Å². The molecule has 0 fully saturated rings. The predicted octanol–water partition coefficient (Wildman–Crippen LogP) is 0.717. The lowest BCUT2D eigenvalue weighted by molar-refractivity contribution is -0.122. The molecule has 0 atom stereocenters. The van der Waals surface area contributed by atoms with Crippen molar-refractivity contribution in [2.24, 2.45) is 0 Å². The zero-order valence-corrected chi connectivity index (χ0v) is 12.3. The van der Waals surface area contributed by atoms with Crippen molar-refractivity contribution in [3.8, 4) is 6.07 Å². The van der Waals surface area contributed by atoms with Crippen LogP contribution in [-0.4, -0.2) is 38.3 Å². The summed E-state index contributed by atoms with van der Waals surface area (Å²) in [6.07, 6.45) is 3.14. The van der Waals surface area contributed by atoms with Crippen LogP contribution in [0.5, 0.6) is 0 Å². The van der Waals surface area contributed by atoms with Crippen LogP contribution in [0.4, 0.5) is 10.7 Å². The highest BCUT2D eigenvalue weighted by molar-refractivity contribution is 7.10. The zero-order valence-electron chi connectivity index (χ0n) is 10.7. The summed E-state index contributed by atoms with van der Waals surface area (Å²) in [5.74, 6) is -0.253. The minimum absolute atomic E-state index is 0.0379. The number of nitrogens with zero attached hydrogens (tertiary/aromatic N) is 4. The predicted molar refractivity (Wildman–Crippen MR) is 77.4 cm³/mol. The molecule has 3 N–H and O–H groups in total. The topological polar surface area (TPSA) is 116 Å². The van der Waals surface area contributed by atoms with Gasteiger partial charge in [-0.05, 0) is 11.5 Å². The Hall–Kier alpha value is -2.15. The van der Waals surface area contributed by atoms with Gasteiger partial charge in [-0.3, -0.25) is 9.48 Å². The molecule has 2 rings (SSSR count). The van der Waals surface area contributed by atoms with Crippen LogP contribution in [0.3, 0.4) is 0 Å². The first-order valence-corrected chi connectivity index (χ1v) is 7.01. The van der Waals surface area contributed by atoms with E-state index in [1.807, 2.05) is 6.07 Å². The first-order chi connectivity index (χ1) is 10.1. The number of carbonyl (C=O) groups excluding carboxylic acids is 1. The molecule has 0 aliphatic heterocycles. The molecule has 0 saturated heterocycles. The summed E-state index contributed by atoms with van der Waals surface area (Å²) in [6, 6.07) is 1.96. The maximum atomic E-state index is 11.5. The number of aromatic nitrogens is 3. The normalized spacial score (nSPS) is 10.1. The van der Waals surface area contributed by atoms with Gasteiger partial charge in [-0.1, -0.05) is 11.6 Å². The number of aliphatic hydroxyl groups is 1. The quantitative estimate of drug-likeness (QED) is 0.720. The molecule has 0 bridgehead atoms. The third-order valence-corrected chi connectivity index (χ3v) is 3.53. The fraction of sp³-hybridized carbons (Fsp3) is 0.273. The average molecular weight is 327 g/mol. The van der Waals surface area contributed by atoms with Crippen LogP contribution in [-0.2, 0) is 11.3 Å². The molecule has 0 aliphatic rings. The Bertz CT molecular complexity index is 677. The SMILES string of the molecule is N#Cc1c(Cl)nsc1Nc1cnn(CC(=O)NCCO)c1. The standard InChI is InChI=1S/C11H11ClN6O2S/c12-10-8(3-13)11(21-17-10)16-7-4-15-18(5-7)6-9(20)14-1-2-19/h4-5,16,19H,1-2,6H2,(H,14,20). The van der Waals surface area contributed by atoms with Gasteiger partial charge < -0.3 is 15.7 Å². The number of amides is 1. The van der Waals surface area contributed by atoms with Gasteiger partial charge in [0.1, 0.15) is 23.2 Å². The molecule has 0 saturated carbocycles. The zero-order chi connectivity index (χ0) is 15.2. The molecule has 21 heavy (non-hydrogen) atoms. The Morgan fingerprint density at radius 2 is 2.43 bits per heavy atom. The Morgan fingerprint density at radius 1 is 1.62 bits per heavy atom. The summed E-state index contributed by atoms with van der Waals surface area (Å²) in [6.45, 7) is 0.132. The van der Waals surface area contributed by atoms with Crippen LogP contribution < -0.4 is 10.6 Å². The van der Waals surface area contributed by atoms with Crippen LogP contribution in [0.1, 0.15) is 5.56 Å². The van der Waals surface area contributed by atoms with Gasteiger partial charge in [0.25, 0.3) is 0 Å². The van der Waals surface area contributed by atoms with Crippen molar-refractivity contribution in [2.75, 3.05) is 18.5 Å². The molecular formula is C11H11ClN6O2S. The fourth-order valence-electron chi connectivity index (χ4n) is 1.50. The van der Waals surface area contributed by atoms with Crippen LogP contribution in [0.2, 0.25) is 5.15 Å². The summed E-state index contributed by atoms with van der Waals surface area (Å²) in [5, 5.41) is 27.8. The molecule has 1 amide bonds. The summed E-state index contributed by atoms with van der Waals surface area (Å²) in [4.78, 5) is 11.5. The van der Waals surface area contributed by atoms with Gasteiger partial charge in [-0.2, -0.15) is 14.7 Å². The summed E-state index contributed by atoms with van der Waals surface area (Å²) < 4.78 is 5.31. The lowest BCUT2D eigenvalue weighted by Gasteiger charge is -2.03. The van der Waals surface area contributed by atoms with Gasteiger partial charge in [0, 0.05) is 12.7 Å². The number of nitriles is 1. The number of nitrogens with one attached hydrogen (secondary N) is 2. The fourth-order valence-corrected chi connectivity index (χ4v) is 2.45. The summed E-state index contributed by atoms with van der Waals surface area (Å²) >= 11 is 6.85. The Balaban J connectivity index is 2.00. The number of hydrogen-bond donors (Lipinski definition) is 3. The van der Waals surface area contributed by atoms with E-state index in [4.69, 9.17) is 22.0 Å². The van der Waals surface area contributed by atoms with Crippen LogP contribution in [0.15, 0.2) is 12.4 Å². The molecule has 2 aromatic rings. The van der Waals surface area contributed by atoms with Crippen LogP contribution in [0, 0.1) is 11.3 Å². The third kappa shape index (κ3) is 3.91. The molecule has 10 heteroatoms. The monoisotopic (exact) mass is 326 g/mol. The second-order valence-electron chi connectivity index (χ2n) is 3.91. The maximum Gasteiger partial charge on any atom is 0.241 e. The van der Waals surface area contributed by atoms with Crippen molar-refractivity contribution in [1.82, 2.24) is 19.5 Å². The van der Waals surface area contributed by atoms with Gasteiger partial charge in [0.2, 0.25) is 5.91 Å². The van der Waals surface area contributed by atoms with E-state index in [9.17, 15) is 4.79 Å². The highest BCUT2D eigenvalue weighted by Gasteiger charge is 2.12. The van der Waals surface area contributed by atoms with Crippen LogP contribution in [0.25, 0.3) is 0 Å². The molecule has 0 unspecified atom stereocenters. The van der Waals surface area contributed by atoms with E-state index in [2.05, 4.69) is 20.1 Å². The van der Waals surface area contributed by atoms with Crippen molar-refractivity contribution >= 4 is 39.7 Å². The molecule has 8 nitrogen and oxygen atoms in total. The summed E-state index contributed by atoms with van der Waals surface area (Å²) in [5.41, 5.74) is 0.886. The van der Waals surface area contributed by atoms with Gasteiger partial charge in [0.05, 0.1) is 18.5 Å². The third-order valence-electron chi connectivity index (χ3n) is 2.39. The van der Waals surface area contributed by atoms with Crippen molar-refractivity contribution < 1.29 is 9.90 Å². The minimum atomic E-state index is -0.253. The number of anilines is 2. The van der Waals surface area contributed by atoms with Gasteiger partial charge in [-0.15, -0.1) is 0 Å². The van der Waals surface area contributed by atoms with Crippen molar-refractivity contribution in [2.45, 2.75) is 6.54 Å². The number of halogens is 1. The maximum absolute atomic E-state index is 11.5. The molecule has 2 heterocycles. The van der Waals surface area contributed by atoms with E-state index in [0.717, 1.165) is 11.5 Å². The van der Waals surface area contributed by atoms with Crippen LogP contribution >= 0.6 is 23.1 Å².